The van der Waals surface area contributed by atoms with Gasteiger partial charge in [0.15, 0.2) is 0 Å². The summed E-state index contributed by atoms with van der Waals surface area (Å²) in [5, 5.41) is 2.10. The highest BCUT2D eigenvalue weighted by molar-refractivity contribution is 7.07. The third kappa shape index (κ3) is 5.09. The monoisotopic (exact) mass is 368 g/mol. The van der Waals surface area contributed by atoms with Crippen molar-refractivity contribution < 1.29 is 4.74 Å². The quantitative estimate of drug-likeness (QED) is 0.573. The number of methoxy groups -OCH3 is 1. The zero-order valence-corrected chi connectivity index (χ0v) is 16.1. The number of anilines is 1. The Bertz CT molecular complexity index is 773. The number of hydrogen-bond donors (Lipinski definition) is 0. The van der Waals surface area contributed by atoms with E-state index >= 15 is 0 Å². The summed E-state index contributed by atoms with van der Waals surface area (Å²) in [6.45, 7) is 4.34. The van der Waals surface area contributed by atoms with Crippen LogP contribution in [0, 0.1) is 0 Å². The van der Waals surface area contributed by atoms with Gasteiger partial charge in [-0.25, -0.2) is 15.0 Å². The van der Waals surface area contributed by atoms with Crippen LogP contribution in [-0.4, -0.2) is 28.6 Å². The summed E-state index contributed by atoms with van der Waals surface area (Å²) in [6.07, 6.45) is 5.66. The van der Waals surface area contributed by atoms with Crippen molar-refractivity contribution in [2.75, 3.05) is 18.6 Å². The van der Waals surface area contributed by atoms with Crippen LogP contribution < -0.4 is 4.90 Å². The average Bonchev–Trinajstić information content (AvgIpc) is 3.20. The van der Waals surface area contributed by atoms with E-state index < -0.39 is 0 Å². The number of aromatic nitrogens is 3. The fourth-order valence-electron chi connectivity index (χ4n) is 2.68. The van der Waals surface area contributed by atoms with Crippen molar-refractivity contribution in [1.29, 1.82) is 0 Å². The topological polar surface area (TPSA) is 51.1 Å². The van der Waals surface area contributed by atoms with Crippen molar-refractivity contribution in [2.24, 2.45) is 0 Å². The Kier molecular flexibility index (Phi) is 6.68. The van der Waals surface area contributed by atoms with Gasteiger partial charge in [-0.2, -0.15) is 0 Å². The summed E-state index contributed by atoms with van der Waals surface area (Å²) in [4.78, 5) is 15.7. The van der Waals surface area contributed by atoms with Crippen LogP contribution in [0.3, 0.4) is 0 Å². The minimum atomic E-state index is 0.634. The number of benzene rings is 1. The Morgan fingerprint density at radius 3 is 2.35 bits per heavy atom. The molecule has 0 radical (unpaired) electrons. The van der Waals surface area contributed by atoms with Gasteiger partial charge in [-0.15, -0.1) is 11.3 Å². The number of hydrogen-bond acceptors (Lipinski definition) is 6. The van der Waals surface area contributed by atoms with E-state index in [2.05, 4.69) is 56.4 Å². The maximum Gasteiger partial charge on any atom is 0.225 e. The summed E-state index contributed by atoms with van der Waals surface area (Å²) >= 11 is 1.63. The molecule has 0 bridgehead atoms. The predicted octanol–water partition coefficient (Wildman–Crippen LogP) is 3.89. The van der Waals surface area contributed by atoms with E-state index in [-0.39, 0.29) is 0 Å². The lowest BCUT2D eigenvalue weighted by molar-refractivity contribution is 0.185. The molecule has 6 heteroatoms. The molecule has 136 valence electrons. The Labute approximate surface area is 158 Å². The Morgan fingerprint density at radius 2 is 1.73 bits per heavy atom. The molecule has 26 heavy (non-hydrogen) atoms. The molecule has 0 aliphatic rings. The molecule has 2 aromatic heterocycles. The summed E-state index contributed by atoms with van der Waals surface area (Å²) in [7, 11) is 1.71. The van der Waals surface area contributed by atoms with E-state index in [9.17, 15) is 0 Å². The van der Waals surface area contributed by atoms with Crippen molar-refractivity contribution in [3.63, 3.8) is 0 Å². The molecular formula is C20H24N4OS. The van der Waals surface area contributed by atoms with Crippen LogP contribution in [0.2, 0.25) is 0 Å². The molecule has 3 rings (SSSR count). The van der Waals surface area contributed by atoms with Gasteiger partial charge in [0.1, 0.15) is 0 Å². The Hall–Kier alpha value is -2.31. The first-order chi connectivity index (χ1) is 12.8. The second-order valence-electron chi connectivity index (χ2n) is 6.15. The first kappa shape index (κ1) is 18.5. The molecule has 0 spiro atoms. The minimum absolute atomic E-state index is 0.634. The molecule has 0 aliphatic carbocycles. The number of nitrogens with zero attached hydrogens (tertiary/aromatic N) is 4. The van der Waals surface area contributed by atoms with E-state index in [1.165, 1.54) is 11.1 Å². The highest BCUT2D eigenvalue weighted by Gasteiger charge is 2.11. The largest absolute Gasteiger partial charge is 0.380 e. The van der Waals surface area contributed by atoms with E-state index in [0.29, 0.717) is 6.61 Å². The molecule has 3 aromatic rings. The molecule has 0 unspecified atom stereocenters. The highest BCUT2D eigenvalue weighted by Crippen LogP contribution is 2.15. The van der Waals surface area contributed by atoms with Crippen molar-refractivity contribution in [3.05, 3.63) is 69.9 Å². The fourth-order valence-corrected chi connectivity index (χ4v) is 3.27. The van der Waals surface area contributed by atoms with Crippen LogP contribution in [0.5, 0.6) is 0 Å². The van der Waals surface area contributed by atoms with Gasteiger partial charge >= 0.3 is 0 Å². The van der Waals surface area contributed by atoms with Crippen molar-refractivity contribution in [2.45, 2.75) is 32.9 Å². The molecular weight excluding hydrogens is 344 g/mol. The summed E-state index contributed by atoms with van der Waals surface area (Å²) in [5.41, 5.74) is 6.54. The average molecular weight is 369 g/mol. The SMILES string of the molecule is CCc1cnc(N(CCc2cscn2)Cc2ccc(COC)cc2)nc1. The van der Waals surface area contributed by atoms with Crippen molar-refractivity contribution in [1.82, 2.24) is 15.0 Å². The van der Waals surface area contributed by atoms with Crippen LogP contribution in [0.4, 0.5) is 5.95 Å². The van der Waals surface area contributed by atoms with Crippen LogP contribution in [0.25, 0.3) is 0 Å². The standard InChI is InChI=1S/C20H24N4OS/c1-3-16-10-21-20(22-11-16)24(9-8-19-14-26-15-23-19)12-17-4-6-18(7-5-17)13-25-2/h4-7,10-11,14-15H,3,8-9,12-13H2,1-2H3. The normalized spacial score (nSPS) is 10.8. The second kappa shape index (κ2) is 9.40. The van der Waals surface area contributed by atoms with Crippen LogP contribution in [0.1, 0.15) is 29.3 Å². The maximum atomic E-state index is 5.18. The predicted molar refractivity (Wildman–Crippen MR) is 105 cm³/mol. The number of thiazole rings is 1. The maximum absolute atomic E-state index is 5.18. The molecule has 0 saturated carbocycles. The lowest BCUT2D eigenvalue weighted by atomic mass is 10.1. The molecule has 0 fully saturated rings. The first-order valence-electron chi connectivity index (χ1n) is 8.78. The third-order valence-corrected chi connectivity index (χ3v) is 4.85. The summed E-state index contributed by atoms with van der Waals surface area (Å²) in [5.74, 6) is 0.762. The molecule has 1 aromatic carbocycles. The number of rotatable bonds is 9. The number of ether oxygens (including phenoxy) is 1. The fraction of sp³-hybridized carbons (Fsp3) is 0.350. The number of aryl methyl sites for hydroxylation is 1. The van der Waals surface area contributed by atoms with E-state index in [1.54, 1.807) is 18.4 Å². The van der Waals surface area contributed by atoms with Gasteiger partial charge in [-0.05, 0) is 23.1 Å². The smallest absolute Gasteiger partial charge is 0.225 e. The zero-order valence-electron chi connectivity index (χ0n) is 15.3. The molecule has 0 N–H and O–H groups in total. The van der Waals surface area contributed by atoms with Crippen molar-refractivity contribution in [3.8, 4) is 0 Å². The molecule has 0 amide bonds. The third-order valence-electron chi connectivity index (χ3n) is 4.21. The second-order valence-corrected chi connectivity index (χ2v) is 6.86. The van der Waals surface area contributed by atoms with Crippen LogP contribution in [0.15, 0.2) is 47.5 Å². The van der Waals surface area contributed by atoms with Crippen LogP contribution in [-0.2, 0) is 30.7 Å². The van der Waals surface area contributed by atoms with Gasteiger partial charge < -0.3 is 9.64 Å². The van der Waals surface area contributed by atoms with Gasteiger partial charge in [0.25, 0.3) is 0 Å². The van der Waals surface area contributed by atoms with Gasteiger partial charge in [0.05, 0.1) is 17.8 Å². The lowest BCUT2D eigenvalue weighted by Crippen LogP contribution is -2.27. The lowest BCUT2D eigenvalue weighted by Gasteiger charge is -2.22. The van der Waals surface area contributed by atoms with Crippen LogP contribution >= 0.6 is 11.3 Å². The highest BCUT2D eigenvalue weighted by atomic mass is 32.1. The molecule has 0 atom stereocenters. The first-order valence-corrected chi connectivity index (χ1v) is 9.72. The minimum Gasteiger partial charge on any atom is -0.380 e. The Morgan fingerprint density at radius 1 is 1.00 bits per heavy atom. The van der Waals surface area contributed by atoms with Gasteiger partial charge in [-0.1, -0.05) is 31.2 Å². The van der Waals surface area contributed by atoms with E-state index in [4.69, 9.17) is 4.74 Å². The van der Waals surface area contributed by atoms with Crippen molar-refractivity contribution >= 4 is 17.3 Å². The Balaban J connectivity index is 1.74. The molecule has 0 saturated heterocycles. The summed E-state index contributed by atoms with van der Waals surface area (Å²) in [6, 6.07) is 8.51. The molecule has 0 aliphatic heterocycles. The molecule has 2 heterocycles. The van der Waals surface area contributed by atoms with Gasteiger partial charge in [0, 0.05) is 44.4 Å². The van der Waals surface area contributed by atoms with Gasteiger partial charge in [-0.3, -0.25) is 0 Å². The zero-order chi connectivity index (χ0) is 18.2. The van der Waals surface area contributed by atoms with E-state index in [0.717, 1.165) is 43.1 Å². The van der Waals surface area contributed by atoms with Gasteiger partial charge in [0.2, 0.25) is 5.95 Å². The van der Waals surface area contributed by atoms with E-state index in [1.807, 2.05) is 17.9 Å². The summed E-state index contributed by atoms with van der Waals surface area (Å²) < 4.78 is 5.18. The molecule has 5 nitrogen and oxygen atoms in total.